The molecule has 0 aromatic heterocycles. The van der Waals surface area contributed by atoms with Crippen LogP contribution in [-0.2, 0) is 14.8 Å². The predicted molar refractivity (Wildman–Crippen MR) is 72.8 cm³/mol. The second kappa shape index (κ2) is 5.94. The molecule has 0 heterocycles. The van der Waals surface area contributed by atoms with Crippen molar-refractivity contribution in [2.24, 2.45) is 0 Å². The van der Waals surface area contributed by atoms with Crippen molar-refractivity contribution >= 4 is 27.8 Å². The molecule has 2 rings (SSSR count). The van der Waals surface area contributed by atoms with Gasteiger partial charge >= 0.3 is 5.97 Å². The van der Waals surface area contributed by atoms with E-state index in [-0.39, 0.29) is 17.4 Å². The Morgan fingerprint density at radius 3 is 2.47 bits per heavy atom. The van der Waals surface area contributed by atoms with Crippen molar-refractivity contribution in [2.45, 2.75) is 35.1 Å². The van der Waals surface area contributed by atoms with Crippen molar-refractivity contribution in [3.63, 3.8) is 0 Å². The molecule has 1 aromatic rings. The number of nitrogens with one attached hydrogen (secondary N) is 1. The SMILES string of the molecule is O=C(O)CCSc1ccc(S(=O)(=O)NC2CC2)cc1. The Bertz CT molecular complexity index is 550. The first-order valence-electron chi connectivity index (χ1n) is 5.94. The summed E-state index contributed by atoms with van der Waals surface area (Å²) in [5, 5.41) is 8.53. The van der Waals surface area contributed by atoms with Gasteiger partial charge in [0.15, 0.2) is 0 Å². The minimum atomic E-state index is -3.40. The lowest BCUT2D eigenvalue weighted by atomic mass is 10.4. The lowest BCUT2D eigenvalue weighted by Gasteiger charge is -2.06. The highest BCUT2D eigenvalue weighted by molar-refractivity contribution is 7.99. The van der Waals surface area contributed by atoms with Gasteiger partial charge in [-0.2, -0.15) is 0 Å². The number of carboxylic acid groups (broad SMARTS) is 1. The average Bonchev–Trinajstić information content (AvgIpc) is 3.12. The van der Waals surface area contributed by atoms with Crippen molar-refractivity contribution in [2.75, 3.05) is 5.75 Å². The van der Waals surface area contributed by atoms with E-state index in [1.165, 1.54) is 11.8 Å². The number of carbonyl (C=O) groups is 1. The van der Waals surface area contributed by atoms with Gasteiger partial charge in [0.1, 0.15) is 0 Å². The summed E-state index contributed by atoms with van der Waals surface area (Å²) >= 11 is 1.40. The number of carboxylic acids is 1. The average molecular weight is 301 g/mol. The zero-order valence-electron chi connectivity index (χ0n) is 10.2. The maximum atomic E-state index is 11.9. The molecule has 0 spiro atoms. The van der Waals surface area contributed by atoms with Gasteiger partial charge in [-0.15, -0.1) is 11.8 Å². The largest absolute Gasteiger partial charge is 0.481 e. The van der Waals surface area contributed by atoms with E-state index in [0.717, 1.165) is 17.7 Å². The number of benzene rings is 1. The van der Waals surface area contributed by atoms with E-state index in [1.807, 2.05) is 0 Å². The molecule has 1 aromatic carbocycles. The quantitative estimate of drug-likeness (QED) is 0.749. The normalized spacial score (nSPS) is 15.4. The van der Waals surface area contributed by atoms with Crippen molar-refractivity contribution in [1.29, 1.82) is 0 Å². The second-order valence-electron chi connectivity index (χ2n) is 4.36. The first-order valence-corrected chi connectivity index (χ1v) is 8.41. The van der Waals surface area contributed by atoms with Crippen LogP contribution in [0.1, 0.15) is 19.3 Å². The van der Waals surface area contributed by atoms with Gasteiger partial charge in [-0.3, -0.25) is 4.79 Å². The lowest BCUT2D eigenvalue weighted by Crippen LogP contribution is -2.25. The van der Waals surface area contributed by atoms with Gasteiger partial charge in [-0.05, 0) is 37.1 Å². The summed E-state index contributed by atoms with van der Waals surface area (Å²) in [6.07, 6.45) is 1.90. The van der Waals surface area contributed by atoms with E-state index in [1.54, 1.807) is 24.3 Å². The van der Waals surface area contributed by atoms with Crippen LogP contribution in [0.5, 0.6) is 0 Å². The van der Waals surface area contributed by atoms with E-state index in [9.17, 15) is 13.2 Å². The van der Waals surface area contributed by atoms with Gasteiger partial charge in [0.25, 0.3) is 0 Å². The number of sulfonamides is 1. The van der Waals surface area contributed by atoms with Crippen LogP contribution < -0.4 is 4.72 Å². The molecule has 2 N–H and O–H groups in total. The molecule has 0 aliphatic heterocycles. The number of rotatable bonds is 7. The predicted octanol–water partition coefficient (Wildman–Crippen LogP) is 1.69. The highest BCUT2D eigenvalue weighted by Gasteiger charge is 2.27. The van der Waals surface area contributed by atoms with Gasteiger partial charge in [0.05, 0.1) is 11.3 Å². The fourth-order valence-electron chi connectivity index (χ4n) is 1.46. The summed E-state index contributed by atoms with van der Waals surface area (Å²) in [5.41, 5.74) is 0. The van der Waals surface area contributed by atoms with E-state index < -0.39 is 16.0 Å². The summed E-state index contributed by atoms with van der Waals surface area (Å²) in [6.45, 7) is 0. The lowest BCUT2D eigenvalue weighted by molar-refractivity contribution is -0.136. The molecule has 1 fully saturated rings. The molecular formula is C12H15NO4S2. The van der Waals surface area contributed by atoms with E-state index >= 15 is 0 Å². The number of hydrogen-bond acceptors (Lipinski definition) is 4. The van der Waals surface area contributed by atoms with Crippen LogP contribution in [0.25, 0.3) is 0 Å². The third-order valence-corrected chi connectivity index (χ3v) is 5.17. The maximum absolute atomic E-state index is 11.9. The Morgan fingerprint density at radius 1 is 1.32 bits per heavy atom. The van der Waals surface area contributed by atoms with E-state index in [0.29, 0.717) is 5.75 Å². The molecule has 1 aliphatic rings. The standard InChI is InChI=1S/C12H15NO4S2/c14-12(15)7-8-18-10-3-5-11(6-4-10)19(16,17)13-9-1-2-9/h3-6,9,13H,1-2,7-8H2,(H,14,15). The zero-order valence-corrected chi connectivity index (χ0v) is 11.8. The minimum absolute atomic E-state index is 0.0912. The summed E-state index contributed by atoms with van der Waals surface area (Å²) < 4.78 is 26.4. The molecule has 0 radical (unpaired) electrons. The van der Waals surface area contributed by atoms with Gasteiger partial charge in [-0.1, -0.05) is 0 Å². The molecule has 0 saturated heterocycles. The Labute approximate surface area is 116 Å². The van der Waals surface area contributed by atoms with Crippen LogP contribution >= 0.6 is 11.8 Å². The monoisotopic (exact) mass is 301 g/mol. The smallest absolute Gasteiger partial charge is 0.304 e. The highest BCUT2D eigenvalue weighted by Crippen LogP contribution is 2.24. The Kier molecular flexibility index (Phi) is 4.49. The summed E-state index contributed by atoms with van der Waals surface area (Å²) in [6, 6.07) is 6.60. The molecule has 0 unspecified atom stereocenters. The molecule has 19 heavy (non-hydrogen) atoms. The van der Waals surface area contributed by atoms with Crippen LogP contribution in [0.3, 0.4) is 0 Å². The minimum Gasteiger partial charge on any atom is -0.481 e. The molecule has 104 valence electrons. The van der Waals surface area contributed by atoms with E-state index in [4.69, 9.17) is 5.11 Å². The van der Waals surface area contributed by atoms with Crippen LogP contribution in [0, 0.1) is 0 Å². The van der Waals surface area contributed by atoms with E-state index in [2.05, 4.69) is 4.72 Å². The van der Waals surface area contributed by atoms with Crippen molar-refractivity contribution < 1.29 is 18.3 Å². The fourth-order valence-corrected chi connectivity index (χ4v) is 3.61. The van der Waals surface area contributed by atoms with Crippen molar-refractivity contribution in [1.82, 2.24) is 4.72 Å². The number of thioether (sulfide) groups is 1. The van der Waals surface area contributed by atoms with Gasteiger partial charge in [0, 0.05) is 16.7 Å². The zero-order chi connectivity index (χ0) is 13.9. The Morgan fingerprint density at radius 2 is 1.95 bits per heavy atom. The highest BCUT2D eigenvalue weighted by atomic mass is 32.2. The number of hydrogen-bond donors (Lipinski definition) is 2. The molecule has 1 aliphatic carbocycles. The summed E-state index contributed by atoms with van der Waals surface area (Å²) in [5.74, 6) is -0.359. The summed E-state index contributed by atoms with van der Waals surface area (Å²) in [4.78, 5) is 11.5. The Balaban J connectivity index is 1.95. The summed E-state index contributed by atoms with van der Waals surface area (Å²) in [7, 11) is -3.40. The van der Waals surface area contributed by atoms with Crippen molar-refractivity contribution in [3.05, 3.63) is 24.3 Å². The third kappa shape index (κ3) is 4.52. The van der Waals surface area contributed by atoms with Crippen LogP contribution in [0.4, 0.5) is 0 Å². The van der Waals surface area contributed by atoms with Gasteiger partial charge < -0.3 is 5.11 Å². The maximum Gasteiger partial charge on any atom is 0.304 e. The fraction of sp³-hybridized carbons (Fsp3) is 0.417. The molecular weight excluding hydrogens is 286 g/mol. The first-order chi connectivity index (χ1) is 8.97. The second-order valence-corrected chi connectivity index (χ2v) is 7.24. The van der Waals surface area contributed by atoms with Gasteiger partial charge in [-0.25, -0.2) is 13.1 Å². The van der Waals surface area contributed by atoms with Gasteiger partial charge in [0.2, 0.25) is 10.0 Å². The topological polar surface area (TPSA) is 83.5 Å². The molecule has 0 amide bonds. The molecule has 7 heteroatoms. The third-order valence-electron chi connectivity index (χ3n) is 2.62. The Hall–Kier alpha value is -1.05. The first kappa shape index (κ1) is 14.4. The van der Waals surface area contributed by atoms with Crippen LogP contribution in [-0.4, -0.2) is 31.3 Å². The molecule has 1 saturated carbocycles. The molecule has 0 atom stereocenters. The van der Waals surface area contributed by atoms with Crippen LogP contribution in [0.2, 0.25) is 0 Å². The van der Waals surface area contributed by atoms with Crippen LogP contribution in [0.15, 0.2) is 34.1 Å². The molecule has 0 bridgehead atoms. The molecule has 5 nitrogen and oxygen atoms in total. The van der Waals surface area contributed by atoms with Crippen molar-refractivity contribution in [3.8, 4) is 0 Å². The number of aliphatic carboxylic acids is 1.